The van der Waals surface area contributed by atoms with Crippen LogP contribution in [0.15, 0.2) is 41.6 Å². The van der Waals surface area contributed by atoms with E-state index in [0.717, 1.165) is 31.5 Å². The number of halogens is 4. The first-order chi connectivity index (χ1) is 14.8. The lowest BCUT2D eigenvalue weighted by molar-refractivity contribution is -0.0329. The molecule has 1 aliphatic rings. The number of alkyl halides is 3. The Labute approximate surface area is 179 Å². The molecule has 6 nitrogen and oxygen atoms in total. The molecule has 11 heteroatoms. The summed E-state index contributed by atoms with van der Waals surface area (Å²) in [5.41, 5.74) is -4.43. The van der Waals surface area contributed by atoms with Crippen LogP contribution in [0.4, 0.5) is 23.2 Å². The number of hydrogen-bond acceptors (Lipinski definition) is 5. The van der Waals surface area contributed by atoms with Crippen LogP contribution in [0.2, 0.25) is 0 Å². The number of benzene rings is 1. The molecule has 0 aliphatic carbocycles. The van der Waals surface area contributed by atoms with Gasteiger partial charge in [0.2, 0.25) is 0 Å². The largest absolute Gasteiger partial charge is 0.447 e. The van der Waals surface area contributed by atoms with Gasteiger partial charge in [-0.2, -0.15) is 13.2 Å². The Morgan fingerprint density at radius 1 is 1.13 bits per heavy atom. The summed E-state index contributed by atoms with van der Waals surface area (Å²) in [6, 6.07) is 6.54. The average Bonchev–Trinajstić information content (AvgIpc) is 2.96. The Morgan fingerprint density at radius 3 is 2.77 bits per heavy atom. The third kappa shape index (κ3) is 4.87. The van der Waals surface area contributed by atoms with E-state index in [0.29, 0.717) is 12.4 Å². The van der Waals surface area contributed by atoms with Gasteiger partial charge in [-0.15, -0.1) is 10.2 Å². The van der Waals surface area contributed by atoms with Crippen LogP contribution in [0.1, 0.15) is 35.4 Å². The lowest BCUT2D eigenvalue weighted by atomic mass is 10.1. The zero-order valence-corrected chi connectivity index (χ0v) is 16.9. The fourth-order valence-corrected chi connectivity index (χ4v) is 4.02. The number of thioether (sulfide) groups is 1. The second-order valence-corrected chi connectivity index (χ2v) is 8.01. The predicted octanol–water partition coefficient (Wildman–Crippen LogP) is 5.07. The van der Waals surface area contributed by atoms with Crippen LogP contribution in [-0.4, -0.2) is 31.2 Å². The number of anilines is 1. The van der Waals surface area contributed by atoms with Crippen molar-refractivity contribution in [2.45, 2.75) is 42.8 Å². The molecule has 31 heavy (non-hydrogen) atoms. The summed E-state index contributed by atoms with van der Waals surface area (Å²) in [7, 11) is 0. The van der Waals surface area contributed by atoms with Crippen molar-refractivity contribution < 1.29 is 22.4 Å². The summed E-state index contributed by atoms with van der Waals surface area (Å²) in [5.74, 6) is -0.171. The van der Waals surface area contributed by atoms with Crippen molar-refractivity contribution in [2.75, 3.05) is 5.32 Å². The molecule has 0 saturated heterocycles. The minimum atomic E-state index is -4.59. The molecular formula is C20H17F4N5OS. The van der Waals surface area contributed by atoms with Crippen molar-refractivity contribution in [1.29, 1.82) is 0 Å². The van der Waals surface area contributed by atoms with Crippen LogP contribution in [0.5, 0.6) is 0 Å². The van der Waals surface area contributed by atoms with Gasteiger partial charge in [0, 0.05) is 36.6 Å². The molecule has 0 radical (unpaired) electrons. The Bertz CT molecular complexity index is 1120. The summed E-state index contributed by atoms with van der Waals surface area (Å²) in [6.45, 7) is 0.668. The van der Waals surface area contributed by atoms with Gasteiger partial charge in [0.25, 0.3) is 5.91 Å². The Hall–Kier alpha value is -2.95. The second-order valence-electron chi connectivity index (χ2n) is 6.95. The van der Waals surface area contributed by atoms with E-state index in [1.54, 1.807) is 0 Å². The van der Waals surface area contributed by atoms with E-state index < -0.39 is 34.0 Å². The van der Waals surface area contributed by atoms with Crippen LogP contribution < -0.4 is 5.32 Å². The Morgan fingerprint density at radius 2 is 1.97 bits per heavy atom. The van der Waals surface area contributed by atoms with Crippen molar-refractivity contribution in [3.05, 3.63) is 53.7 Å². The maximum atomic E-state index is 14.6. The van der Waals surface area contributed by atoms with Crippen LogP contribution in [0.25, 0.3) is 11.4 Å². The number of rotatable bonds is 4. The number of amides is 1. The smallest absolute Gasteiger partial charge is 0.322 e. The first-order valence-electron chi connectivity index (χ1n) is 9.56. The fraction of sp³-hybridized carbons (Fsp3) is 0.300. The fourth-order valence-electron chi connectivity index (χ4n) is 3.41. The Kier molecular flexibility index (Phi) is 5.94. The molecule has 3 aromatic rings. The van der Waals surface area contributed by atoms with Crippen LogP contribution in [0.3, 0.4) is 0 Å². The molecule has 0 spiro atoms. The van der Waals surface area contributed by atoms with E-state index >= 15 is 0 Å². The van der Waals surface area contributed by atoms with E-state index in [2.05, 4.69) is 20.5 Å². The van der Waals surface area contributed by atoms with Crippen molar-refractivity contribution in [3.63, 3.8) is 0 Å². The molecule has 0 unspecified atom stereocenters. The lowest BCUT2D eigenvalue weighted by Crippen LogP contribution is -2.15. The number of hydrogen-bond donors (Lipinski definition) is 1. The molecule has 0 atom stereocenters. The van der Waals surface area contributed by atoms with Crippen LogP contribution in [0, 0.1) is 5.82 Å². The number of pyridine rings is 1. The van der Waals surface area contributed by atoms with Crippen molar-refractivity contribution in [2.24, 2.45) is 0 Å². The lowest BCUT2D eigenvalue weighted by Gasteiger charge is -2.12. The first kappa shape index (κ1) is 21.3. The highest BCUT2D eigenvalue weighted by Gasteiger charge is 2.32. The van der Waals surface area contributed by atoms with Gasteiger partial charge in [-0.1, -0.05) is 6.42 Å². The topological polar surface area (TPSA) is 72.7 Å². The van der Waals surface area contributed by atoms with Gasteiger partial charge in [0.1, 0.15) is 16.7 Å². The van der Waals surface area contributed by atoms with Crippen molar-refractivity contribution in [1.82, 2.24) is 19.7 Å². The van der Waals surface area contributed by atoms with Crippen molar-refractivity contribution >= 4 is 23.4 Å². The second kappa shape index (κ2) is 8.66. The SMILES string of the molecule is O=C(Nc1ccc(F)c(-c2nnc3n2CCCCC3)c1)c1cccnc1SC(F)(F)F. The third-order valence-electron chi connectivity index (χ3n) is 4.80. The summed E-state index contributed by atoms with van der Waals surface area (Å²) >= 11 is -0.466. The number of aromatic nitrogens is 4. The van der Waals surface area contributed by atoms with Gasteiger partial charge in [-0.3, -0.25) is 4.79 Å². The summed E-state index contributed by atoms with van der Waals surface area (Å²) in [4.78, 5) is 16.3. The Balaban J connectivity index is 1.62. The monoisotopic (exact) mass is 451 g/mol. The van der Waals surface area contributed by atoms with Gasteiger partial charge in [0.15, 0.2) is 5.82 Å². The highest BCUT2D eigenvalue weighted by atomic mass is 32.2. The normalized spacial score (nSPS) is 14.1. The minimum Gasteiger partial charge on any atom is -0.322 e. The highest BCUT2D eigenvalue weighted by molar-refractivity contribution is 8.00. The molecule has 1 N–H and O–H groups in total. The number of carbonyl (C=O) groups excluding carboxylic acids is 1. The maximum absolute atomic E-state index is 14.6. The number of nitrogens with one attached hydrogen (secondary N) is 1. The van der Waals surface area contributed by atoms with E-state index in [1.165, 1.54) is 36.5 Å². The zero-order chi connectivity index (χ0) is 22.0. The van der Waals surface area contributed by atoms with Gasteiger partial charge in [0.05, 0.1) is 11.1 Å². The summed E-state index contributed by atoms with van der Waals surface area (Å²) < 4.78 is 54.8. The molecular weight excluding hydrogens is 434 g/mol. The number of nitrogens with zero attached hydrogens (tertiary/aromatic N) is 4. The van der Waals surface area contributed by atoms with Gasteiger partial charge >= 0.3 is 5.51 Å². The van der Waals surface area contributed by atoms with E-state index in [4.69, 9.17) is 0 Å². The molecule has 1 aliphatic heterocycles. The molecule has 162 valence electrons. The predicted molar refractivity (Wildman–Crippen MR) is 107 cm³/mol. The molecule has 0 saturated carbocycles. The highest BCUT2D eigenvalue weighted by Crippen LogP contribution is 2.37. The standard InChI is InChI=1S/C20H17F4N5OS/c21-15-8-7-12(11-14(15)17-28-27-16-6-2-1-3-10-29(16)17)26-18(30)13-5-4-9-25-19(13)31-20(22,23)24/h4-5,7-9,11H,1-3,6,10H2,(H,26,30). The van der Waals surface area contributed by atoms with E-state index in [-0.39, 0.29) is 16.8 Å². The third-order valence-corrected chi connectivity index (χ3v) is 5.55. The average molecular weight is 451 g/mol. The van der Waals surface area contributed by atoms with E-state index in [9.17, 15) is 22.4 Å². The number of aryl methyl sites for hydroxylation is 1. The van der Waals surface area contributed by atoms with Gasteiger partial charge in [-0.25, -0.2) is 9.37 Å². The van der Waals surface area contributed by atoms with E-state index in [1.807, 2.05) is 4.57 Å². The molecule has 0 fully saturated rings. The van der Waals surface area contributed by atoms with Crippen LogP contribution in [-0.2, 0) is 13.0 Å². The summed E-state index contributed by atoms with van der Waals surface area (Å²) in [5, 5.41) is 10.3. The molecule has 4 rings (SSSR count). The number of fused-ring (bicyclic) bond motifs is 1. The molecule has 1 amide bonds. The molecule has 1 aromatic carbocycles. The summed E-state index contributed by atoms with van der Waals surface area (Å²) in [6.07, 6.45) is 4.89. The maximum Gasteiger partial charge on any atom is 0.447 e. The first-order valence-corrected chi connectivity index (χ1v) is 10.4. The molecule has 0 bridgehead atoms. The number of carbonyl (C=O) groups is 1. The van der Waals surface area contributed by atoms with Crippen molar-refractivity contribution in [3.8, 4) is 11.4 Å². The van der Waals surface area contributed by atoms with Crippen LogP contribution >= 0.6 is 11.8 Å². The molecule has 3 heterocycles. The zero-order valence-electron chi connectivity index (χ0n) is 16.1. The quantitative estimate of drug-likeness (QED) is 0.443. The molecule has 2 aromatic heterocycles. The minimum absolute atomic E-state index is 0.162. The van der Waals surface area contributed by atoms with Gasteiger partial charge in [-0.05, 0) is 43.2 Å². The van der Waals surface area contributed by atoms with Gasteiger partial charge < -0.3 is 9.88 Å².